The molecule has 2 N–H and O–H groups in total. The molecule has 0 spiro atoms. The summed E-state index contributed by atoms with van der Waals surface area (Å²) in [7, 11) is 0. The second kappa shape index (κ2) is 6.16. The summed E-state index contributed by atoms with van der Waals surface area (Å²) in [5.74, 6) is 0.697. The summed E-state index contributed by atoms with van der Waals surface area (Å²) in [6.45, 7) is 1.40. The molecule has 20 heavy (non-hydrogen) atoms. The topological polar surface area (TPSA) is 50.4 Å². The molecule has 1 aliphatic heterocycles. The molecule has 3 rings (SSSR count). The molecule has 0 unspecified atom stereocenters. The molecule has 0 atom stereocenters. The number of fused-ring (bicyclic) bond motifs is 1. The predicted octanol–water partition coefficient (Wildman–Crippen LogP) is 2.94. The molecule has 1 heterocycles. The number of rotatable bonds is 2. The molecular weight excluding hydrogens is 252 g/mol. The fourth-order valence-electron chi connectivity index (χ4n) is 3.04. The van der Waals surface area contributed by atoms with E-state index in [1.807, 2.05) is 18.2 Å². The van der Waals surface area contributed by atoms with Gasteiger partial charge in [0.1, 0.15) is 6.61 Å². The summed E-state index contributed by atoms with van der Waals surface area (Å²) in [4.78, 5) is 12.5. The van der Waals surface area contributed by atoms with Crippen LogP contribution < -0.4 is 15.4 Å². The number of anilines is 1. The SMILES string of the molecule is O=C(NC1CCCCCC1)c1cccc2c1OCCN2. The summed E-state index contributed by atoms with van der Waals surface area (Å²) in [6.07, 6.45) is 7.21. The van der Waals surface area contributed by atoms with Crippen LogP contribution in [0.5, 0.6) is 5.75 Å². The minimum absolute atomic E-state index is 0.00236. The lowest BCUT2D eigenvalue weighted by Gasteiger charge is -2.22. The van der Waals surface area contributed by atoms with Crippen LogP contribution in [0.3, 0.4) is 0 Å². The number of nitrogens with one attached hydrogen (secondary N) is 2. The van der Waals surface area contributed by atoms with Crippen LogP contribution in [0, 0.1) is 0 Å². The smallest absolute Gasteiger partial charge is 0.255 e. The van der Waals surface area contributed by atoms with Crippen molar-refractivity contribution in [2.45, 2.75) is 44.6 Å². The van der Waals surface area contributed by atoms with Gasteiger partial charge >= 0.3 is 0 Å². The van der Waals surface area contributed by atoms with Crippen LogP contribution in [-0.4, -0.2) is 25.1 Å². The van der Waals surface area contributed by atoms with Gasteiger partial charge in [0.15, 0.2) is 5.75 Å². The van der Waals surface area contributed by atoms with E-state index >= 15 is 0 Å². The van der Waals surface area contributed by atoms with Crippen molar-refractivity contribution in [2.24, 2.45) is 0 Å². The summed E-state index contributed by atoms with van der Waals surface area (Å²) < 4.78 is 5.67. The Morgan fingerprint density at radius 3 is 2.80 bits per heavy atom. The second-order valence-corrected chi connectivity index (χ2v) is 5.62. The van der Waals surface area contributed by atoms with E-state index < -0.39 is 0 Å². The lowest BCUT2D eigenvalue weighted by Crippen LogP contribution is -2.35. The number of benzene rings is 1. The molecule has 0 bridgehead atoms. The van der Waals surface area contributed by atoms with Crippen molar-refractivity contribution >= 4 is 11.6 Å². The van der Waals surface area contributed by atoms with Gasteiger partial charge in [-0.15, -0.1) is 0 Å². The van der Waals surface area contributed by atoms with Crippen molar-refractivity contribution in [1.29, 1.82) is 0 Å². The van der Waals surface area contributed by atoms with Gasteiger partial charge in [-0.2, -0.15) is 0 Å². The molecule has 1 aromatic carbocycles. The number of para-hydroxylation sites is 1. The highest BCUT2D eigenvalue weighted by atomic mass is 16.5. The van der Waals surface area contributed by atoms with E-state index in [-0.39, 0.29) is 5.91 Å². The Bertz CT molecular complexity index is 479. The van der Waals surface area contributed by atoms with Crippen molar-refractivity contribution in [2.75, 3.05) is 18.5 Å². The summed E-state index contributed by atoms with van der Waals surface area (Å²) in [6, 6.07) is 6.02. The molecule has 1 fully saturated rings. The van der Waals surface area contributed by atoms with Gasteiger partial charge in [-0.05, 0) is 25.0 Å². The van der Waals surface area contributed by atoms with Crippen LogP contribution in [0.15, 0.2) is 18.2 Å². The zero-order valence-corrected chi connectivity index (χ0v) is 11.8. The molecule has 0 radical (unpaired) electrons. The largest absolute Gasteiger partial charge is 0.489 e. The van der Waals surface area contributed by atoms with E-state index in [1.165, 1.54) is 25.7 Å². The number of carbonyl (C=O) groups excluding carboxylic acids is 1. The molecule has 1 saturated carbocycles. The van der Waals surface area contributed by atoms with Crippen molar-refractivity contribution in [1.82, 2.24) is 5.32 Å². The zero-order chi connectivity index (χ0) is 13.8. The summed E-state index contributed by atoms with van der Waals surface area (Å²) in [5, 5.41) is 6.45. The molecule has 1 amide bonds. The van der Waals surface area contributed by atoms with E-state index in [1.54, 1.807) is 0 Å². The molecule has 0 aromatic heterocycles. The highest BCUT2D eigenvalue weighted by Crippen LogP contribution is 2.31. The highest BCUT2D eigenvalue weighted by molar-refractivity contribution is 5.99. The fourth-order valence-corrected chi connectivity index (χ4v) is 3.04. The Kier molecular flexibility index (Phi) is 4.09. The van der Waals surface area contributed by atoms with E-state index in [2.05, 4.69) is 10.6 Å². The van der Waals surface area contributed by atoms with Crippen LogP contribution >= 0.6 is 0 Å². The normalized spacial score (nSPS) is 19.2. The number of carbonyl (C=O) groups is 1. The maximum Gasteiger partial charge on any atom is 0.255 e. The Morgan fingerprint density at radius 1 is 1.20 bits per heavy atom. The Morgan fingerprint density at radius 2 is 2.00 bits per heavy atom. The predicted molar refractivity (Wildman–Crippen MR) is 79.4 cm³/mol. The molecule has 108 valence electrons. The van der Waals surface area contributed by atoms with Gasteiger partial charge in [-0.25, -0.2) is 0 Å². The van der Waals surface area contributed by atoms with Crippen molar-refractivity contribution < 1.29 is 9.53 Å². The summed E-state index contributed by atoms with van der Waals surface area (Å²) in [5.41, 5.74) is 1.57. The average Bonchev–Trinajstić information content (AvgIpc) is 2.75. The molecule has 4 nitrogen and oxygen atoms in total. The molecular formula is C16H22N2O2. The van der Waals surface area contributed by atoms with Gasteiger partial charge in [-0.3, -0.25) is 4.79 Å². The van der Waals surface area contributed by atoms with E-state index in [9.17, 15) is 4.79 Å². The lowest BCUT2D eigenvalue weighted by atomic mass is 10.1. The average molecular weight is 274 g/mol. The third-order valence-electron chi connectivity index (χ3n) is 4.11. The quantitative estimate of drug-likeness (QED) is 0.815. The van der Waals surface area contributed by atoms with Gasteiger partial charge in [0.25, 0.3) is 5.91 Å². The van der Waals surface area contributed by atoms with Gasteiger partial charge < -0.3 is 15.4 Å². The fraction of sp³-hybridized carbons (Fsp3) is 0.562. The third kappa shape index (κ3) is 2.89. The lowest BCUT2D eigenvalue weighted by molar-refractivity contribution is 0.0929. The van der Waals surface area contributed by atoms with Crippen LogP contribution in [0.25, 0.3) is 0 Å². The monoisotopic (exact) mass is 274 g/mol. The first-order chi connectivity index (χ1) is 9.84. The number of amides is 1. The zero-order valence-electron chi connectivity index (χ0n) is 11.8. The number of ether oxygens (including phenoxy) is 1. The van der Waals surface area contributed by atoms with Crippen molar-refractivity contribution in [3.8, 4) is 5.75 Å². The van der Waals surface area contributed by atoms with Gasteiger partial charge in [-0.1, -0.05) is 31.7 Å². The van der Waals surface area contributed by atoms with Crippen LogP contribution in [0.1, 0.15) is 48.9 Å². The standard InChI is InChI=1S/C16H22N2O2/c19-16(18-12-6-3-1-2-4-7-12)13-8-5-9-14-15(13)20-11-10-17-14/h5,8-9,12,17H,1-4,6-7,10-11H2,(H,18,19). The Balaban J connectivity index is 1.73. The second-order valence-electron chi connectivity index (χ2n) is 5.62. The van der Waals surface area contributed by atoms with Gasteiger partial charge in [0.05, 0.1) is 11.3 Å². The minimum atomic E-state index is -0.00236. The van der Waals surface area contributed by atoms with Crippen LogP contribution in [-0.2, 0) is 0 Å². The molecule has 1 aromatic rings. The maximum atomic E-state index is 12.5. The molecule has 1 aliphatic carbocycles. The first-order valence-electron chi connectivity index (χ1n) is 7.65. The maximum absolute atomic E-state index is 12.5. The van der Waals surface area contributed by atoms with E-state index in [4.69, 9.17) is 4.74 Å². The first kappa shape index (κ1) is 13.3. The highest BCUT2D eigenvalue weighted by Gasteiger charge is 2.21. The van der Waals surface area contributed by atoms with Crippen LogP contribution in [0.4, 0.5) is 5.69 Å². The molecule has 4 heteroatoms. The van der Waals surface area contributed by atoms with E-state index in [0.29, 0.717) is 24.0 Å². The van der Waals surface area contributed by atoms with Crippen LogP contribution in [0.2, 0.25) is 0 Å². The Hall–Kier alpha value is -1.71. The minimum Gasteiger partial charge on any atom is -0.489 e. The third-order valence-corrected chi connectivity index (χ3v) is 4.11. The molecule has 2 aliphatic rings. The van der Waals surface area contributed by atoms with Crippen molar-refractivity contribution in [3.05, 3.63) is 23.8 Å². The van der Waals surface area contributed by atoms with E-state index in [0.717, 1.165) is 25.1 Å². The number of hydrogen-bond acceptors (Lipinski definition) is 3. The first-order valence-corrected chi connectivity index (χ1v) is 7.65. The van der Waals surface area contributed by atoms with Crippen molar-refractivity contribution in [3.63, 3.8) is 0 Å². The Labute approximate surface area is 119 Å². The van der Waals surface area contributed by atoms with Gasteiger partial charge in [0.2, 0.25) is 0 Å². The van der Waals surface area contributed by atoms with Gasteiger partial charge in [0, 0.05) is 12.6 Å². The number of hydrogen-bond donors (Lipinski definition) is 2. The summed E-state index contributed by atoms with van der Waals surface area (Å²) >= 11 is 0. The molecule has 0 saturated heterocycles.